The molecule has 0 spiro atoms. The van der Waals surface area contributed by atoms with E-state index in [4.69, 9.17) is 0 Å². The van der Waals surface area contributed by atoms with Crippen LogP contribution in [0.1, 0.15) is 59.9 Å². The minimum absolute atomic E-state index is 0.0493. The second kappa shape index (κ2) is 8.13. The van der Waals surface area contributed by atoms with E-state index in [0.29, 0.717) is 5.75 Å². The first-order valence-electron chi connectivity index (χ1n) is 12.8. The number of phenolic OH excluding ortho intramolecular Hbond substituents is 1. The summed E-state index contributed by atoms with van der Waals surface area (Å²) in [5.41, 5.74) is 9.87. The molecule has 3 aliphatic rings. The van der Waals surface area contributed by atoms with Gasteiger partial charge < -0.3 is 10.2 Å². The summed E-state index contributed by atoms with van der Waals surface area (Å²) < 4.78 is 0. The number of benzene rings is 3. The molecule has 0 aromatic heterocycles. The Kier molecular flexibility index (Phi) is 5.18. The van der Waals surface area contributed by atoms with Crippen LogP contribution in [-0.2, 0) is 24.7 Å². The van der Waals surface area contributed by atoms with E-state index in [1.807, 2.05) is 12.1 Å². The lowest BCUT2D eigenvalue weighted by atomic mass is 9.52. The molecule has 3 aromatic carbocycles. The summed E-state index contributed by atoms with van der Waals surface area (Å²) in [6, 6.07) is 25.7. The summed E-state index contributed by atoms with van der Waals surface area (Å²) in [5, 5.41) is 21.4. The van der Waals surface area contributed by atoms with Crippen LogP contribution in [-0.4, -0.2) is 16.3 Å². The zero-order valence-corrected chi connectivity index (χ0v) is 20.1. The van der Waals surface area contributed by atoms with Gasteiger partial charge in [-0.3, -0.25) is 0 Å². The molecule has 3 aliphatic carbocycles. The van der Waals surface area contributed by atoms with Crippen LogP contribution in [0.15, 0.2) is 83.9 Å². The van der Waals surface area contributed by atoms with Gasteiger partial charge in [-0.1, -0.05) is 71.8 Å². The lowest BCUT2D eigenvalue weighted by Crippen LogP contribution is -2.44. The van der Waals surface area contributed by atoms with Gasteiger partial charge in [-0.2, -0.15) is 0 Å². The molecule has 174 valence electrons. The molecule has 3 aromatic rings. The summed E-state index contributed by atoms with van der Waals surface area (Å²) in [5.74, 6) is 0.382. The van der Waals surface area contributed by atoms with E-state index in [9.17, 15) is 10.2 Å². The fourth-order valence-corrected chi connectivity index (χ4v) is 7.82. The fraction of sp³-hybridized carbons (Fsp3) is 0.375. The molecule has 2 nitrogen and oxygen atoms in total. The second-order valence-electron chi connectivity index (χ2n) is 11.0. The van der Waals surface area contributed by atoms with E-state index in [0.717, 1.165) is 51.4 Å². The number of hydrogen-bond acceptors (Lipinski definition) is 2. The van der Waals surface area contributed by atoms with E-state index < -0.39 is 0 Å². The Morgan fingerprint density at radius 2 is 1.50 bits per heavy atom. The van der Waals surface area contributed by atoms with Gasteiger partial charge in [0.1, 0.15) is 5.75 Å². The van der Waals surface area contributed by atoms with Gasteiger partial charge in [0, 0.05) is 5.41 Å². The Labute approximate surface area is 203 Å². The zero-order chi connectivity index (χ0) is 23.3. The number of allylic oxidation sites excluding steroid dienone is 1. The molecule has 0 bridgehead atoms. The quantitative estimate of drug-likeness (QED) is 0.440. The van der Waals surface area contributed by atoms with Crippen molar-refractivity contribution in [3.8, 4) is 5.75 Å². The normalized spacial score (nSPS) is 27.8. The maximum atomic E-state index is 11.0. The standard InChI is InChI=1S/C32H34O2/c1-22-16-26(33)17-25-12-13-28-29-18-27(34)21-31(29,19-23-8-4-2-5-9-23)14-15-32(28,30(22)25)20-24-10-6-3-7-11-24/h2-11,16-17,27,33-34H,12-15,18-21H2,1H3/t27-,31+,32-/m0/s1. The molecule has 0 saturated heterocycles. The van der Waals surface area contributed by atoms with Gasteiger partial charge >= 0.3 is 0 Å². The van der Waals surface area contributed by atoms with E-state index in [2.05, 4.69) is 67.6 Å². The number of hydrogen-bond donors (Lipinski definition) is 2. The summed E-state index contributed by atoms with van der Waals surface area (Å²) in [4.78, 5) is 0. The van der Waals surface area contributed by atoms with Gasteiger partial charge in [0.25, 0.3) is 0 Å². The smallest absolute Gasteiger partial charge is 0.116 e. The lowest BCUT2D eigenvalue weighted by Gasteiger charge is -2.51. The minimum atomic E-state index is -0.249. The van der Waals surface area contributed by atoms with Crippen LogP contribution in [0.2, 0.25) is 0 Å². The van der Waals surface area contributed by atoms with Crippen molar-refractivity contribution in [2.75, 3.05) is 0 Å². The maximum Gasteiger partial charge on any atom is 0.116 e. The molecule has 1 saturated carbocycles. The summed E-state index contributed by atoms with van der Waals surface area (Å²) >= 11 is 0. The van der Waals surface area contributed by atoms with Crippen LogP contribution in [0.3, 0.4) is 0 Å². The van der Waals surface area contributed by atoms with Crippen LogP contribution < -0.4 is 0 Å². The predicted octanol–water partition coefficient (Wildman–Crippen LogP) is 6.60. The van der Waals surface area contributed by atoms with Crippen LogP contribution in [0.5, 0.6) is 5.75 Å². The van der Waals surface area contributed by atoms with Crippen molar-refractivity contribution in [1.29, 1.82) is 0 Å². The maximum absolute atomic E-state index is 11.0. The molecule has 0 radical (unpaired) electrons. The fourth-order valence-electron chi connectivity index (χ4n) is 7.82. The first-order valence-corrected chi connectivity index (χ1v) is 12.8. The van der Waals surface area contributed by atoms with Gasteiger partial charge in [-0.05, 0) is 104 Å². The number of phenols is 1. The predicted molar refractivity (Wildman–Crippen MR) is 137 cm³/mol. The van der Waals surface area contributed by atoms with Crippen molar-refractivity contribution in [3.05, 3.63) is 112 Å². The van der Waals surface area contributed by atoms with Gasteiger partial charge in [0.15, 0.2) is 0 Å². The Morgan fingerprint density at radius 3 is 2.21 bits per heavy atom. The molecule has 0 heterocycles. The highest BCUT2D eigenvalue weighted by Crippen LogP contribution is 2.62. The monoisotopic (exact) mass is 450 g/mol. The first kappa shape index (κ1) is 21.7. The molecular weight excluding hydrogens is 416 g/mol. The first-order chi connectivity index (χ1) is 16.5. The summed E-state index contributed by atoms with van der Waals surface area (Å²) in [7, 11) is 0. The number of rotatable bonds is 4. The molecule has 34 heavy (non-hydrogen) atoms. The Morgan fingerprint density at radius 1 is 0.824 bits per heavy atom. The highest BCUT2D eigenvalue weighted by molar-refractivity contribution is 5.57. The minimum Gasteiger partial charge on any atom is -0.508 e. The van der Waals surface area contributed by atoms with Crippen molar-refractivity contribution in [3.63, 3.8) is 0 Å². The molecule has 0 unspecified atom stereocenters. The molecule has 0 aliphatic heterocycles. The molecule has 6 rings (SSSR count). The number of aryl methyl sites for hydroxylation is 2. The van der Waals surface area contributed by atoms with Crippen molar-refractivity contribution in [1.82, 2.24) is 0 Å². The van der Waals surface area contributed by atoms with Crippen molar-refractivity contribution in [2.24, 2.45) is 5.41 Å². The Balaban J connectivity index is 1.55. The van der Waals surface area contributed by atoms with E-state index in [1.54, 1.807) is 11.1 Å². The lowest BCUT2D eigenvalue weighted by molar-refractivity contribution is 0.148. The van der Waals surface area contributed by atoms with Crippen LogP contribution in [0, 0.1) is 12.3 Å². The third-order valence-electron chi connectivity index (χ3n) is 8.94. The van der Waals surface area contributed by atoms with E-state index >= 15 is 0 Å². The SMILES string of the molecule is Cc1cc(O)cc2c1[C@]1(Cc3ccccc3)CC[C@@]3(Cc4ccccc4)C[C@@H](O)CC3=C1CC2. The van der Waals surface area contributed by atoms with Crippen molar-refractivity contribution >= 4 is 0 Å². The van der Waals surface area contributed by atoms with Crippen molar-refractivity contribution < 1.29 is 10.2 Å². The van der Waals surface area contributed by atoms with Gasteiger partial charge in [0.2, 0.25) is 0 Å². The molecule has 2 heteroatoms. The highest BCUT2D eigenvalue weighted by atomic mass is 16.3. The average molecular weight is 451 g/mol. The van der Waals surface area contributed by atoms with Crippen molar-refractivity contribution in [2.45, 2.75) is 69.8 Å². The third kappa shape index (κ3) is 3.43. The average Bonchev–Trinajstić information content (AvgIpc) is 3.15. The molecule has 3 atom stereocenters. The van der Waals surface area contributed by atoms with E-state index in [-0.39, 0.29) is 16.9 Å². The Hall–Kier alpha value is -2.84. The summed E-state index contributed by atoms with van der Waals surface area (Å²) in [6.45, 7) is 2.17. The molecule has 2 N–H and O–H groups in total. The van der Waals surface area contributed by atoms with Gasteiger partial charge in [-0.15, -0.1) is 0 Å². The number of fused-ring (bicyclic) bond motifs is 4. The third-order valence-corrected chi connectivity index (χ3v) is 8.94. The zero-order valence-electron chi connectivity index (χ0n) is 20.1. The van der Waals surface area contributed by atoms with Gasteiger partial charge in [-0.25, -0.2) is 0 Å². The van der Waals surface area contributed by atoms with Crippen LogP contribution in [0.25, 0.3) is 0 Å². The van der Waals surface area contributed by atoms with Crippen LogP contribution in [0.4, 0.5) is 0 Å². The largest absolute Gasteiger partial charge is 0.508 e. The van der Waals surface area contributed by atoms with Gasteiger partial charge in [0.05, 0.1) is 6.10 Å². The second-order valence-corrected chi connectivity index (χ2v) is 11.0. The Bertz CT molecular complexity index is 1240. The topological polar surface area (TPSA) is 40.5 Å². The summed E-state index contributed by atoms with van der Waals surface area (Å²) in [6.07, 6.45) is 7.65. The number of aromatic hydroxyl groups is 1. The van der Waals surface area contributed by atoms with Crippen LogP contribution >= 0.6 is 0 Å². The highest BCUT2D eigenvalue weighted by Gasteiger charge is 2.54. The van der Waals surface area contributed by atoms with E-state index in [1.165, 1.54) is 27.8 Å². The number of aliphatic hydroxyl groups is 1. The molecule has 0 amide bonds. The molecule has 1 fully saturated rings. The molecular formula is C32H34O2. The number of aliphatic hydroxyl groups excluding tert-OH is 1.